The Kier molecular flexibility index (Phi) is 5.86. The Hall–Kier alpha value is -4.34. The third-order valence-electron chi connectivity index (χ3n) is 6.41. The lowest BCUT2D eigenvalue weighted by atomic mass is 9.83. The van der Waals surface area contributed by atoms with E-state index in [1.54, 1.807) is 12.1 Å². The molecule has 0 saturated heterocycles. The van der Waals surface area contributed by atoms with Crippen LogP contribution in [0.4, 0.5) is 0 Å². The number of carboxylic acids is 1. The minimum absolute atomic E-state index is 0.00850. The monoisotopic (exact) mass is 476 g/mol. The van der Waals surface area contributed by atoms with E-state index in [0.717, 1.165) is 32.1 Å². The molecule has 0 aliphatic heterocycles. The molecular weight excluding hydrogens is 452 g/mol. The zero-order valence-corrected chi connectivity index (χ0v) is 18.7. The molecule has 1 aromatic carbocycles. The zero-order valence-electron chi connectivity index (χ0n) is 18.7. The van der Waals surface area contributed by atoms with Crippen molar-refractivity contribution in [2.24, 2.45) is 0 Å². The first kappa shape index (κ1) is 22.5. The quantitative estimate of drug-likeness (QED) is 0.332. The van der Waals surface area contributed by atoms with E-state index in [-0.39, 0.29) is 34.1 Å². The molecule has 0 unspecified atom stereocenters. The number of nitrogens with one attached hydrogen (secondary N) is 2. The highest BCUT2D eigenvalue weighted by Crippen LogP contribution is 2.35. The van der Waals surface area contributed by atoms with E-state index in [2.05, 4.69) is 15.4 Å². The summed E-state index contributed by atoms with van der Waals surface area (Å²) in [5, 5.41) is 24.3. The lowest BCUT2D eigenvalue weighted by Crippen LogP contribution is -2.34. The number of nitrogens with zero attached hydrogens (tertiary/aromatic N) is 2. The van der Waals surface area contributed by atoms with Gasteiger partial charge >= 0.3 is 5.97 Å². The van der Waals surface area contributed by atoms with Crippen molar-refractivity contribution in [3.63, 3.8) is 0 Å². The van der Waals surface area contributed by atoms with Gasteiger partial charge in [0.15, 0.2) is 17.4 Å². The number of aromatic hydroxyl groups is 1. The second kappa shape index (κ2) is 9.13. The van der Waals surface area contributed by atoms with E-state index < -0.39 is 17.9 Å². The molecule has 5 rings (SSSR count). The number of benzene rings is 1. The maximum Gasteiger partial charge on any atom is 0.330 e. The van der Waals surface area contributed by atoms with Crippen LogP contribution in [0.5, 0.6) is 5.75 Å². The summed E-state index contributed by atoms with van der Waals surface area (Å²) in [5.41, 5.74) is 1.22. The summed E-state index contributed by atoms with van der Waals surface area (Å²) in [6.07, 6.45) is 6.44. The summed E-state index contributed by atoms with van der Waals surface area (Å²) in [6, 6.07) is 9.05. The molecule has 4 aromatic rings. The fourth-order valence-electron chi connectivity index (χ4n) is 4.68. The van der Waals surface area contributed by atoms with E-state index in [9.17, 15) is 24.6 Å². The first-order valence-electron chi connectivity index (χ1n) is 11.4. The minimum Gasteiger partial charge on any atom is -0.508 e. The van der Waals surface area contributed by atoms with Gasteiger partial charge in [0.2, 0.25) is 0 Å². The van der Waals surface area contributed by atoms with Gasteiger partial charge in [0.25, 0.3) is 11.5 Å². The minimum atomic E-state index is -1.35. The van der Waals surface area contributed by atoms with Gasteiger partial charge in [-0.2, -0.15) is 0 Å². The molecule has 3 aromatic heterocycles. The van der Waals surface area contributed by atoms with Crippen molar-refractivity contribution < 1.29 is 24.2 Å². The third kappa shape index (κ3) is 4.30. The number of hydrogen-bond acceptors (Lipinski definition) is 6. The molecule has 10 nitrogen and oxygen atoms in total. The van der Waals surface area contributed by atoms with Crippen LogP contribution in [0.1, 0.15) is 65.7 Å². The van der Waals surface area contributed by atoms with Crippen molar-refractivity contribution in [3.8, 4) is 17.2 Å². The molecular formula is C25H24N4O6. The molecule has 0 bridgehead atoms. The predicted octanol–water partition coefficient (Wildman–Crippen LogP) is 3.59. The Balaban J connectivity index is 1.54. The van der Waals surface area contributed by atoms with Crippen LogP contribution >= 0.6 is 0 Å². The van der Waals surface area contributed by atoms with Crippen LogP contribution in [0.2, 0.25) is 0 Å². The van der Waals surface area contributed by atoms with Crippen LogP contribution in [0.25, 0.3) is 17.1 Å². The van der Waals surface area contributed by atoms with Gasteiger partial charge in [-0.1, -0.05) is 31.4 Å². The smallest absolute Gasteiger partial charge is 0.330 e. The van der Waals surface area contributed by atoms with Gasteiger partial charge in [-0.25, -0.2) is 14.3 Å². The Morgan fingerprint density at radius 3 is 2.54 bits per heavy atom. The summed E-state index contributed by atoms with van der Waals surface area (Å²) >= 11 is 0. The van der Waals surface area contributed by atoms with Gasteiger partial charge in [0.05, 0.1) is 11.8 Å². The number of H-pyrrole nitrogens is 1. The highest BCUT2D eigenvalue weighted by atomic mass is 16.4. The van der Waals surface area contributed by atoms with Crippen LogP contribution in [-0.4, -0.2) is 36.7 Å². The van der Waals surface area contributed by atoms with Crippen LogP contribution in [-0.2, 0) is 4.79 Å². The van der Waals surface area contributed by atoms with Crippen molar-refractivity contribution >= 4 is 17.5 Å². The van der Waals surface area contributed by atoms with E-state index in [1.165, 1.54) is 41.1 Å². The van der Waals surface area contributed by atoms with Crippen LogP contribution in [0.15, 0.2) is 57.9 Å². The van der Waals surface area contributed by atoms with E-state index in [1.807, 2.05) is 0 Å². The number of hydrogen-bond donors (Lipinski definition) is 4. The van der Waals surface area contributed by atoms with Crippen molar-refractivity contribution in [2.75, 3.05) is 0 Å². The van der Waals surface area contributed by atoms with Gasteiger partial charge in [-0.3, -0.25) is 14.7 Å². The molecule has 1 atom stereocenters. The number of amides is 1. The topological polar surface area (TPSA) is 150 Å². The second-order valence-electron chi connectivity index (χ2n) is 8.69. The maximum absolute atomic E-state index is 13.6. The summed E-state index contributed by atoms with van der Waals surface area (Å²) in [5.74, 6) is -1.49. The highest BCUT2D eigenvalue weighted by Gasteiger charge is 2.28. The molecule has 3 heterocycles. The summed E-state index contributed by atoms with van der Waals surface area (Å²) in [6.45, 7) is 0. The molecule has 0 spiro atoms. The molecule has 1 aliphatic rings. The van der Waals surface area contributed by atoms with Gasteiger partial charge in [-0.15, -0.1) is 0 Å². The number of rotatable bonds is 6. The van der Waals surface area contributed by atoms with Crippen molar-refractivity contribution in [1.82, 2.24) is 19.9 Å². The molecule has 180 valence electrons. The number of phenolic OH excluding ortho intramolecular Hbond substituents is 1. The summed E-state index contributed by atoms with van der Waals surface area (Å²) in [4.78, 5) is 43.0. The number of aliphatic carboxylic acids is 1. The van der Waals surface area contributed by atoms with E-state index >= 15 is 0 Å². The van der Waals surface area contributed by atoms with Crippen LogP contribution in [0.3, 0.4) is 0 Å². The second-order valence-corrected chi connectivity index (χ2v) is 8.69. The number of carbonyl (C=O) groups excluding carboxylic acids is 1. The molecule has 0 radical (unpaired) electrons. The van der Waals surface area contributed by atoms with Gasteiger partial charge < -0.3 is 19.9 Å². The SMILES string of the molecule is O=C(N[C@H](C(=O)O)c1ccc(O)cc1)c1cc2nc(-c3ccco3)c(C3CCCCC3)c(=O)n2[nH]1. The maximum atomic E-state index is 13.6. The van der Waals surface area contributed by atoms with E-state index in [0.29, 0.717) is 17.0 Å². The molecule has 1 saturated carbocycles. The fourth-order valence-corrected chi connectivity index (χ4v) is 4.68. The Labute approximate surface area is 199 Å². The first-order valence-corrected chi connectivity index (χ1v) is 11.4. The molecule has 1 aliphatic carbocycles. The van der Waals surface area contributed by atoms with Gasteiger partial charge in [0.1, 0.15) is 17.1 Å². The molecule has 10 heteroatoms. The molecule has 1 amide bonds. The summed E-state index contributed by atoms with van der Waals surface area (Å²) < 4.78 is 6.79. The Bertz CT molecular complexity index is 1430. The standard InChI is InChI=1S/C25H24N4O6/c30-16-10-8-15(9-11-16)21(25(33)34)27-23(31)17-13-19-26-22(18-7-4-12-35-18)20(24(32)29(19)28-17)14-5-2-1-3-6-14/h4,7-14,21,28,30H,1-3,5-6H2,(H,27,31)(H,33,34)/t21-/m0/s1. The molecule has 1 fully saturated rings. The van der Waals surface area contributed by atoms with Gasteiger partial charge in [0, 0.05) is 6.07 Å². The fraction of sp³-hybridized carbons (Fsp3) is 0.280. The number of fused-ring (bicyclic) bond motifs is 1. The van der Waals surface area contributed by atoms with E-state index in [4.69, 9.17) is 4.42 Å². The van der Waals surface area contributed by atoms with Gasteiger partial charge in [-0.05, 0) is 48.6 Å². The molecule has 35 heavy (non-hydrogen) atoms. The number of furan rings is 1. The Morgan fingerprint density at radius 1 is 1.14 bits per heavy atom. The van der Waals surface area contributed by atoms with Crippen molar-refractivity contribution in [3.05, 3.63) is 75.9 Å². The zero-order chi connectivity index (χ0) is 24.5. The lowest BCUT2D eigenvalue weighted by Gasteiger charge is -2.22. The average Bonchev–Trinajstić information content (AvgIpc) is 3.54. The first-order chi connectivity index (χ1) is 16.9. The third-order valence-corrected chi connectivity index (χ3v) is 6.41. The number of carboxylic acid groups (broad SMARTS) is 1. The summed E-state index contributed by atoms with van der Waals surface area (Å²) in [7, 11) is 0. The number of phenols is 1. The van der Waals surface area contributed by atoms with Crippen LogP contribution < -0.4 is 10.9 Å². The Morgan fingerprint density at radius 2 is 1.89 bits per heavy atom. The van der Waals surface area contributed by atoms with Crippen LogP contribution in [0, 0.1) is 0 Å². The number of aromatic nitrogens is 3. The predicted molar refractivity (Wildman–Crippen MR) is 125 cm³/mol. The van der Waals surface area contributed by atoms with Crippen molar-refractivity contribution in [1.29, 1.82) is 0 Å². The number of carbonyl (C=O) groups is 2. The normalized spacial score (nSPS) is 15.2. The highest BCUT2D eigenvalue weighted by molar-refractivity contribution is 5.96. The van der Waals surface area contributed by atoms with Crippen molar-refractivity contribution in [2.45, 2.75) is 44.1 Å². The molecule has 4 N–H and O–H groups in total. The lowest BCUT2D eigenvalue weighted by molar-refractivity contribution is -0.139. The largest absolute Gasteiger partial charge is 0.508 e. The average molecular weight is 476 g/mol. The number of aromatic amines is 1.